The van der Waals surface area contributed by atoms with Crippen LogP contribution in [0, 0.1) is 11.3 Å². The number of fused-ring (bicyclic) bond motifs is 1. The number of aromatic nitrogens is 8. The molecule has 0 atom stereocenters. The SMILES string of the molecule is Cn1cc(CNc2nc(-c3ccn(C)n3)c(-c3cc(Cl)c4[nH]ncc4c3)nc2C#N)cn1. The minimum absolute atomic E-state index is 0.173. The molecular formula is C21H17ClN10. The van der Waals surface area contributed by atoms with E-state index in [1.807, 2.05) is 38.6 Å². The van der Waals surface area contributed by atoms with Gasteiger partial charge in [-0.05, 0) is 18.2 Å². The third kappa shape index (κ3) is 3.55. The Kier molecular flexibility index (Phi) is 4.80. The normalized spacial score (nSPS) is 11.1. The molecule has 0 radical (unpaired) electrons. The summed E-state index contributed by atoms with van der Waals surface area (Å²) in [5.74, 6) is 0.372. The minimum Gasteiger partial charge on any atom is -0.363 e. The average molecular weight is 445 g/mol. The molecule has 0 unspecified atom stereocenters. The topological polar surface area (TPSA) is 126 Å². The van der Waals surface area contributed by atoms with Gasteiger partial charge >= 0.3 is 0 Å². The van der Waals surface area contributed by atoms with Gasteiger partial charge in [-0.25, -0.2) is 9.97 Å². The lowest BCUT2D eigenvalue weighted by Crippen LogP contribution is -2.07. The molecule has 11 heteroatoms. The Bertz CT molecular complexity index is 1490. The number of nitrogens with zero attached hydrogens (tertiary/aromatic N) is 8. The van der Waals surface area contributed by atoms with Crippen LogP contribution in [-0.2, 0) is 20.6 Å². The first-order valence-electron chi connectivity index (χ1n) is 9.68. The Morgan fingerprint density at radius 3 is 2.75 bits per heavy atom. The van der Waals surface area contributed by atoms with Crippen LogP contribution in [0.1, 0.15) is 11.3 Å². The van der Waals surface area contributed by atoms with Gasteiger partial charge in [0.05, 0.1) is 22.9 Å². The maximum absolute atomic E-state index is 9.78. The molecule has 2 N–H and O–H groups in total. The van der Waals surface area contributed by atoms with Gasteiger partial charge in [-0.1, -0.05) is 11.6 Å². The third-order valence-corrected chi connectivity index (χ3v) is 5.25. The molecule has 5 aromatic rings. The Hall–Kier alpha value is -4.23. The van der Waals surface area contributed by atoms with E-state index in [1.165, 1.54) is 0 Å². The number of aryl methyl sites for hydroxylation is 2. The van der Waals surface area contributed by atoms with Crippen molar-refractivity contribution in [3.05, 3.63) is 59.3 Å². The van der Waals surface area contributed by atoms with Crippen LogP contribution in [0.25, 0.3) is 33.5 Å². The van der Waals surface area contributed by atoms with Crippen LogP contribution in [0.4, 0.5) is 5.82 Å². The van der Waals surface area contributed by atoms with Gasteiger partial charge in [0, 0.05) is 49.5 Å². The van der Waals surface area contributed by atoms with Crippen LogP contribution in [0.3, 0.4) is 0 Å². The Balaban J connectivity index is 1.65. The van der Waals surface area contributed by atoms with E-state index < -0.39 is 0 Å². The summed E-state index contributed by atoms with van der Waals surface area (Å²) in [5, 5.41) is 29.9. The summed E-state index contributed by atoms with van der Waals surface area (Å²) >= 11 is 6.46. The molecule has 4 heterocycles. The number of hydrogen-bond donors (Lipinski definition) is 2. The summed E-state index contributed by atoms with van der Waals surface area (Å²) in [5.41, 5.74) is 4.26. The van der Waals surface area contributed by atoms with Crippen LogP contribution in [0.15, 0.2) is 43.0 Å². The second kappa shape index (κ2) is 7.79. The number of nitriles is 1. The maximum atomic E-state index is 9.78. The molecule has 0 aliphatic carbocycles. The number of anilines is 1. The van der Waals surface area contributed by atoms with Gasteiger partial charge in [0.15, 0.2) is 11.5 Å². The highest BCUT2D eigenvalue weighted by atomic mass is 35.5. The van der Waals surface area contributed by atoms with E-state index in [-0.39, 0.29) is 5.69 Å². The second-order valence-electron chi connectivity index (χ2n) is 7.27. The Morgan fingerprint density at radius 2 is 2.03 bits per heavy atom. The van der Waals surface area contributed by atoms with E-state index in [9.17, 15) is 5.26 Å². The highest BCUT2D eigenvalue weighted by molar-refractivity contribution is 6.35. The molecular weight excluding hydrogens is 428 g/mol. The number of hydrogen-bond acceptors (Lipinski definition) is 7. The predicted molar refractivity (Wildman–Crippen MR) is 120 cm³/mol. The van der Waals surface area contributed by atoms with Crippen LogP contribution in [0.2, 0.25) is 5.02 Å². The summed E-state index contributed by atoms with van der Waals surface area (Å²) in [6, 6.07) is 7.68. The first-order valence-corrected chi connectivity index (χ1v) is 10.1. The maximum Gasteiger partial charge on any atom is 0.183 e. The fourth-order valence-electron chi connectivity index (χ4n) is 3.46. The molecule has 0 aliphatic rings. The van der Waals surface area contributed by atoms with E-state index in [4.69, 9.17) is 16.6 Å². The van der Waals surface area contributed by atoms with Crippen LogP contribution >= 0.6 is 11.6 Å². The summed E-state index contributed by atoms with van der Waals surface area (Å²) in [4.78, 5) is 9.41. The molecule has 0 saturated heterocycles. The molecule has 0 saturated carbocycles. The van der Waals surface area contributed by atoms with Crippen molar-refractivity contribution in [1.29, 1.82) is 5.26 Å². The van der Waals surface area contributed by atoms with Crippen molar-refractivity contribution in [3.8, 4) is 28.7 Å². The van der Waals surface area contributed by atoms with Crippen molar-refractivity contribution in [2.75, 3.05) is 5.32 Å². The van der Waals surface area contributed by atoms with Gasteiger partial charge in [0.1, 0.15) is 23.2 Å². The molecule has 0 fully saturated rings. The summed E-state index contributed by atoms with van der Waals surface area (Å²) in [6.45, 7) is 0.449. The van der Waals surface area contributed by atoms with Gasteiger partial charge in [-0.15, -0.1) is 0 Å². The van der Waals surface area contributed by atoms with Crippen molar-refractivity contribution in [2.24, 2.45) is 14.1 Å². The molecule has 158 valence electrons. The van der Waals surface area contributed by atoms with E-state index in [2.05, 4.69) is 36.8 Å². The number of rotatable bonds is 5. The zero-order valence-electron chi connectivity index (χ0n) is 17.2. The highest BCUT2D eigenvalue weighted by Crippen LogP contribution is 2.34. The van der Waals surface area contributed by atoms with Gasteiger partial charge in [-0.2, -0.15) is 20.6 Å². The lowest BCUT2D eigenvalue weighted by Gasteiger charge is -2.12. The molecule has 0 aliphatic heterocycles. The Morgan fingerprint density at radius 1 is 1.16 bits per heavy atom. The monoisotopic (exact) mass is 444 g/mol. The second-order valence-corrected chi connectivity index (χ2v) is 7.68. The number of nitrogens with one attached hydrogen (secondary N) is 2. The van der Waals surface area contributed by atoms with Gasteiger partial charge < -0.3 is 5.32 Å². The number of benzene rings is 1. The van der Waals surface area contributed by atoms with Gasteiger partial charge in [-0.3, -0.25) is 14.5 Å². The number of aromatic amines is 1. The average Bonchev–Trinajstić information content (AvgIpc) is 3.53. The van der Waals surface area contributed by atoms with Crippen molar-refractivity contribution in [1.82, 2.24) is 39.7 Å². The highest BCUT2D eigenvalue weighted by Gasteiger charge is 2.20. The molecule has 1 aromatic carbocycles. The molecule has 0 bridgehead atoms. The van der Waals surface area contributed by atoms with Crippen molar-refractivity contribution in [2.45, 2.75) is 6.54 Å². The molecule has 0 amide bonds. The summed E-state index contributed by atoms with van der Waals surface area (Å²) < 4.78 is 3.40. The minimum atomic E-state index is 0.173. The Labute approximate surface area is 187 Å². The molecule has 10 nitrogen and oxygen atoms in total. The van der Waals surface area contributed by atoms with Crippen LogP contribution in [0.5, 0.6) is 0 Å². The largest absolute Gasteiger partial charge is 0.363 e. The van der Waals surface area contributed by atoms with E-state index in [0.29, 0.717) is 40.0 Å². The van der Waals surface area contributed by atoms with Crippen LogP contribution < -0.4 is 5.32 Å². The number of H-pyrrole nitrogens is 1. The number of halogens is 1. The molecule has 32 heavy (non-hydrogen) atoms. The van der Waals surface area contributed by atoms with Crippen molar-refractivity contribution < 1.29 is 0 Å². The molecule has 4 aromatic heterocycles. The molecule has 5 rings (SSSR count). The van der Waals surface area contributed by atoms with E-state index >= 15 is 0 Å². The van der Waals surface area contributed by atoms with Crippen molar-refractivity contribution >= 4 is 28.3 Å². The smallest absolute Gasteiger partial charge is 0.183 e. The van der Waals surface area contributed by atoms with Gasteiger partial charge in [0.2, 0.25) is 0 Å². The third-order valence-electron chi connectivity index (χ3n) is 4.95. The predicted octanol–water partition coefficient (Wildman–Crippen LogP) is 3.29. The fraction of sp³-hybridized carbons (Fsp3) is 0.143. The zero-order chi connectivity index (χ0) is 22.2. The summed E-state index contributed by atoms with van der Waals surface area (Å²) in [6.07, 6.45) is 7.16. The lowest BCUT2D eigenvalue weighted by atomic mass is 10.1. The fourth-order valence-corrected chi connectivity index (χ4v) is 3.73. The lowest BCUT2D eigenvalue weighted by molar-refractivity contribution is 0.767. The zero-order valence-corrected chi connectivity index (χ0v) is 18.0. The van der Waals surface area contributed by atoms with E-state index in [0.717, 1.165) is 16.5 Å². The van der Waals surface area contributed by atoms with Crippen LogP contribution in [-0.4, -0.2) is 39.7 Å². The first kappa shape index (κ1) is 19.7. The van der Waals surface area contributed by atoms with E-state index in [1.54, 1.807) is 27.8 Å². The summed E-state index contributed by atoms with van der Waals surface area (Å²) in [7, 11) is 3.68. The molecule has 0 spiro atoms. The van der Waals surface area contributed by atoms with Gasteiger partial charge in [0.25, 0.3) is 0 Å². The first-order chi connectivity index (χ1) is 15.5. The standard InChI is InChI=1S/C21H17ClN10/c1-31-4-3-16(30-31)20-19(13-5-14-10-25-29-18(14)15(22)6-13)27-17(7-23)21(28-20)24-8-12-9-26-32(2)11-12/h3-6,9-11H,8H2,1-2H3,(H,24,28)(H,25,29). The van der Waals surface area contributed by atoms with Crippen molar-refractivity contribution in [3.63, 3.8) is 0 Å². The quantitative estimate of drug-likeness (QED) is 0.426.